The monoisotopic (exact) mass is 247 g/mol. The highest BCUT2D eigenvalue weighted by atomic mass is 16.6. The normalized spacial score (nSPS) is 15.3. The fourth-order valence-electron chi connectivity index (χ4n) is 1.92. The molecule has 1 aliphatic heterocycles. The summed E-state index contributed by atoms with van der Waals surface area (Å²) in [6.07, 6.45) is 0.114. The van der Waals surface area contributed by atoms with Gasteiger partial charge in [-0.25, -0.2) is 9.69 Å². The summed E-state index contributed by atoms with van der Waals surface area (Å²) >= 11 is 0. The number of hydrogen-bond acceptors (Lipinski definition) is 3. The summed E-state index contributed by atoms with van der Waals surface area (Å²) in [4.78, 5) is 25.3. The van der Waals surface area contributed by atoms with E-state index in [9.17, 15) is 9.59 Å². The molecule has 4 heteroatoms. The number of ether oxygens (including phenoxy) is 1. The van der Waals surface area contributed by atoms with Gasteiger partial charge in [0.25, 0.3) is 5.91 Å². The van der Waals surface area contributed by atoms with Gasteiger partial charge < -0.3 is 4.74 Å². The summed E-state index contributed by atoms with van der Waals surface area (Å²) in [6.45, 7) is 5.73. The molecule has 96 valence electrons. The van der Waals surface area contributed by atoms with Crippen molar-refractivity contribution in [3.05, 3.63) is 35.4 Å². The van der Waals surface area contributed by atoms with Crippen LogP contribution in [0.4, 0.5) is 4.79 Å². The molecule has 0 spiro atoms. The quantitative estimate of drug-likeness (QED) is 0.708. The highest BCUT2D eigenvalue weighted by molar-refractivity contribution is 6.04. The van der Waals surface area contributed by atoms with Crippen LogP contribution in [0.5, 0.6) is 0 Å². The molecule has 0 aromatic heterocycles. The molecule has 0 radical (unpaired) electrons. The summed E-state index contributed by atoms with van der Waals surface area (Å²) in [6, 6.07) is 7.36. The first-order chi connectivity index (χ1) is 8.38. The Kier molecular flexibility index (Phi) is 3.11. The number of carbonyl (C=O) groups is 2. The molecule has 0 unspecified atom stereocenters. The summed E-state index contributed by atoms with van der Waals surface area (Å²) in [7, 11) is 0. The summed E-state index contributed by atoms with van der Waals surface area (Å²) in [5.41, 5.74) is 0.992. The maximum atomic E-state index is 12.2. The summed E-state index contributed by atoms with van der Waals surface area (Å²) in [5, 5.41) is 0. The predicted molar refractivity (Wildman–Crippen MR) is 67.4 cm³/mol. The Balaban J connectivity index is 2.19. The number of imide groups is 1. The van der Waals surface area contributed by atoms with Crippen LogP contribution in [0.25, 0.3) is 0 Å². The highest BCUT2D eigenvalue weighted by Crippen LogP contribution is 2.20. The number of nitrogens with zero attached hydrogens (tertiary/aromatic N) is 1. The molecule has 4 nitrogen and oxygen atoms in total. The van der Waals surface area contributed by atoms with E-state index in [0.717, 1.165) is 5.56 Å². The van der Waals surface area contributed by atoms with Gasteiger partial charge in [-0.3, -0.25) is 4.79 Å². The van der Waals surface area contributed by atoms with Crippen LogP contribution in [0.3, 0.4) is 0 Å². The zero-order valence-corrected chi connectivity index (χ0v) is 10.9. The second-order valence-electron chi connectivity index (χ2n) is 5.34. The number of hydrogen-bond donors (Lipinski definition) is 0. The maximum Gasteiger partial charge on any atom is 0.417 e. The van der Waals surface area contributed by atoms with Crippen molar-refractivity contribution in [1.82, 2.24) is 4.90 Å². The second-order valence-corrected chi connectivity index (χ2v) is 5.34. The fraction of sp³-hybridized carbons (Fsp3) is 0.429. The van der Waals surface area contributed by atoms with Crippen LogP contribution in [-0.2, 0) is 11.2 Å². The Hall–Kier alpha value is -1.84. The minimum Gasteiger partial charge on any atom is -0.443 e. The van der Waals surface area contributed by atoms with Crippen molar-refractivity contribution in [2.24, 2.45) is 0 Å². The van der Waals surface area contributed by atoms with E-state index in [1.54, 1.807) is 32.9 Å². The minimum atomic E-state index is -0.589. The molecule has 1 aromatic carbocycles. The van der Waals surface area contributed by atoms with Crippen molar-refractivity contribution in [1.29, 1.82) is 0 Å². The van der Waals surface area contributed by atoms with Gasteiger partial charge in [0.2, 0.25) is 0 Å². The molecule has 2 rings (SSSR count). The lowest BCUT2D eigenvalue weighted by Crippen LogP contribution is -2.44. The average Bonchev–Trinajstić information content (AvgIpc) is 2.27. The number of benzene rings is 1. The SMILES string of the molecule is CC(C)(C)OC(=O)N1CCc2ccccc2C1=O. The molecular weight excluding hydrogens is 230 g/mol. The van der Waals surface area contributed by atoms with E-state index in [0.29, 0.717) is 18.5 Å². The van der Waals surface area contributed by atoms with Crippen LogP contribution in [0.1, 0.15) is 36.7 Å². The molecule has 0 atom stereocenters. The lowest BCUT2D eigenvalue weighted by molar-refractivity contribution is 0.0233. The van der Waals surface area contributed by atoms with Crippen molar-refractivity contribution in [2.75, 3.05) is 6.54 Å². The number of fused-ring (bicyclic) bond motifs is 1. The first-order valence-electron chi connectivity index (χ1n) is 6.01. The third kappa shape index (κ3) is 2.53. The molecule has 1 aromatic rings. The number of carbonyl (C=O) groups excluding carboxylic acids is 2. The van der Waals surface area contributed by atoms with Gasteiger partial charge in [0, 0.05) is 12.1 Å². The Morgan fingerprint density at radius 1 is 1.28 bits per heavy atom. The predicted octanol–water partition coefficient (Wildman–Crippen LogP) is 2.62. The molecular formula is C14H17NO3. The zero-order chi connectivity index (χ0) is 13.3. The van der Waals surface area contributed by atoms with Gasteiger partial charge in [0.15, 0.2) is 0 Å². The summed E-state index contributed by atoms with van der Waals surface area (Å²) in [5.74, 6) is -0.272. The third-order valence-corrected chi connectivity index (χ3v) is 2.71. The smallest absolute Gasteiger partial charge is 0.417 e. The molecule has 0 fully saturated rings. The third-order valence-electron chi connectivity index (χ3n) is 2.71. The first-order valence-corrected chi connectivity index (χ1v) is 6.01. The Labute approximate surface area is 107 Å². The van der Waals surface area contributed by atoms with Gasteiger partial charge in [-0.2, -0.15) is 0 Å². The molecule has 1 aliphatic rings. The number of rotatable bonds is 0. The summed E-state index contributed by atoms with van der Waals surface area (Å²) < 4.78 is 5.23. The number of amides is 2. The van der Waals surface area contributed by atoms with E-state index in [1.165, 1.54) is 4.90 Å². The van der Waals surface area contributed by atoms with Gasteiger partial charge in [-0.15, -0.1) is 0 Å². The molecule has 2 amide bonds. The van der Waals surface area contributed by atoms with Crippen LogP contribution in [-0.4, -0.2) is 29.0 Å². The molecule has 0 N–H and O–H groups in total. The molecule has 0 saturated carbocycles. The van der Waals surface area contributed by atoms with Crippen molar-refractivity contribution in [3.8, 4) is 0 Å². The van der Waals surface area contributed by atoms with Crippen molar-refractivity contribution >= 4 is 12.0 Å². The van der Waals surface area contributed by atoms with Gasteiger partial charge in [0.05, 0.1) is 0 Å². The van der Waals surface area contributed by atoms with Gasteiger partial charge >= 0.3 is 6.09 Å². The Morgan fingerprint density at radius 2 is 1.94 bits per heavy atom. The van der Waals surface area contributed by atoms with E-state index in [2.05, 4.69) is 0 Å². The lowest BCUT2D eigenvalue weighted by atomic mass is 9.99. The van der Waals surface area contributed by atoms with Crippen LogP contribution < -0.4 is 0 Å². The van der Waals surface area contributed by atoms with Gasteiger partial charge in [0.1, 0.15) is 5.60 Å². The highest BCUT2D eigenvalue weighted by Gasteiger charge is 2.31. The topological polar surface area (TPSA) is 46.6 Å². The van der Waals surface area contributed by atoms with Crippen molar-refractivity contribution in [2.45, 2.75) is 32.8 Å². The Morgan fingerprint density at radius 3 is 2.61 bits per heavy atom. The standard InChI is InChI=1S/C14H17NO3/c1-14(2,3)18-13(17)15-9-8-10-6-4-5-7-11(10)12(15)16/h4-7H,8-9H2,1-3H3. The molecule has 0 aliphatic carbocycles. The zero-order valence-electron chi connectivity index (χ0n) is 10.9. The molecule has 0 bridgehead atoms. The minimum absolute atomic E-state index is 0.272. The molecule has 1 heterocycles. The molecule has 0 saturated heterocycles. The Bertz CT molecular complexity index is 488. The van der Waals surface area contributed by atoms with E-state index >= 15 is 0 Å². The van der Waals surface area contributed by atoms with Crippen molar-refractivity contribution < 1.29 is 14.3 Å². The average molecular weight is 247 g/mol. The van der Waals surface area contributed by atoms with Crippen LogP contribution in [0, 0.1) is 0 Å². The van der Waals surface area contributed by atoms with E-state index in [4.69, 9.17) is 4.74 Å². The van der Waals surface area contributed by atoms with E-state index < -0.39 is 11.7 Å². The van der Waals surface area contributed by atoms with E-state index in [1.807, 2.05) is 12.1 Å². The van der Waals surface area contributed by atoms with Gasteiger partial charge in [-0.05, 0) is 38.8 Å². The van der Waals surface area contributed by atoms with Crippen LogP contribution in [0.2, 0.25) is 0 Å². The maximum absolute atomic E-state index is 12.2. The fourth-order valence-corrected chi connectivity index (χ4v) is 1.92. The van der Waals surface area contributed by atoms with Crippen LogP contribution in [0.15, 0.2) is 24.3 Å². The largest absolute Gasteiger partial charge is 0.443 e. The van der Waals surface area contributed by atoms with Crippen LogP contribution >= 0.6 is 0 Å². The molecule has 18 heavy (non-hydrogen) atoms. The lowest BCUT2D eigenvalue weighted by Gasteiger charge is -2.29. The first kappa shape index (κ1) is 12.6. The van der Waals surface area contributed by atoms with Crippen molar-refractivity contribution in [3.63, 3.8) is 0 Å². The van der Waals surface area contributed by atoms with E-state index in [-0.39, 0.29) is 5.91 Å². The van der Waals surface area contributed by atoms with Gasteiger partial charge in [-0.1, -0.05) is 18.2 Å². The second kappa shape index (κ2) is 4.44.